The van der Waals surface area contributed by atoms with E-state index in [0.29, 0.717) is 0 Å². The maximum absolute atomic E-state index is 2.33. The van der Waals surface area contributed by atoms with Gasteiger partial charge in [0.05, 0.1) is 0 Å². The van der Waals surface area contributed by atoms with Gasteiger partial charge in [-0.25, -0.2) is 0 Å². The number of allylic oxidation sites excluding steroid dienone is 1. The van der Waals surface area contributed by atoms with Crippen molar-refractivity contribution in [1.82, 2.24) is 0 Å². The van der Waals surface area contributed by atoms with Crippen LogP contribution in [0.25, 0.3) is 27.1 Å². The molecule has 1 aliphatic carbocycles. The normalized spacial score (nSPS) is 13.7. The van der Waals surface area contributed by atoms with Crippen molar-refractivity contribution in [1.29, 1.82) is 0 Å². The molecule has 0 fully saturated rings. The molecule has 0 amide bonds. The average molecular weight is 305 g/mol. The van der Waals surface area contributed by atoms with Gasteiger partial charge in [0, 0.05) is 6.42 Å². The van der Waals surface area contributed by atoms with Crippen molar-refractivity contribution in [3.8, 4) is 0 Å². The van der Waals surface area contributed by atoms with Gasteiger partial charge in [-0.15, -0.1) is 0 Å². The molecule has 0 heterocycles. The van der Waals surface area contributed by atoms with E-state index in [4.69, 9.17) is 0 Å². The molecule has 0 heteroatoms. The van der Waals surface area contributed by atoms with Crippen LogP contribution in [0, 0.1) is 6.42 Å². The molecule has 0 N–H and O–H groups in total. The highest BCUT2D eigenvalue weighted by Gasteiger charge is 2.21. The molecule has 0 spiro atoms. The molecule has 0 saturated heterocycles. The lowest BCUT2D eigenvalue weighted by Crippen LogP contribution is -1.90. The Kier molecular flexibility index (Phi) is 2.87. The van der Waals surface area contributed by atoms with E-state index in [1.54, 1.807) is 0 Å². The summed E-state index contributed by atoms with van der Waals surface area (Å²) in [5.74, 6) is 0. The lowest BCUT2D eigenvalue weighted by atomic mass is 9.91. The van der Waals surface area contributed by atoms with Crippen LogP contribution in [0.5, 0.6) is 0 Å². The number of rotatable bonds is 1. The summed E-state index contributed by atoms with van der Waals surface area (Å²) in [6.07, 6.45) is 2.30. The number of hydrogen-bond donors (Lipinski definition) is 0. The van der Waals surface area contributed by atoms with Crippen LogP contribution in [0.15, 0.2) is 84.4 Å². The third kappa shape index (κ3) is 1.93. The van der Waals surface area contributed by atoms with Gasteiger partial charge in [0.25, 0.3) is 0 Å². The van der Waals surface area contributed by atoms with Gasteiger partial charge in [-0.2, -0.15) is 0 Å². The maximum atomic E-state index is 2.33. The molecule has 24 heavy (non-hydrogen) atoms. The zero-order valence-corrected chi connectivity index (χ0v) is 13.6. The first-order valence-electron chi connectivity index (χ1n) is 8.38. The summed E-state index contributed by atoms with van der Waals surface area (Å²) in [7, 11) is 0. The van der Waals surface area contributed by atoms with E-state index in [1.165, 1.54) is 49.4 Å². The van der Waals surface area contributed by atoms with Crippen molar-refractivity contribution >= 4 is 27.1 Å². The topological polar surface area (TPSA) is 0 Å². The highest BCUT2D eigenvalue weighted by molar-refractivity contribution is 6.06. The fraction of sp³-hybridized carbons (Fsp3) is 0.0417. The molecule has 1 aliphatic rings. The van der Waals surface area contributed by atoms with Gasteiger partial charge in [-0.3, -0.25) is 0 Å². The summed E-state index contributed by atoms with van der Waals surface area (Å²) in [5.41, 5.74) is 6.71. The van der Waals surface area contributed by atoms with Crippen molar-refractivity contribution in [2.24, 2.45) is 0 Å². The van der Waals surface area contributed by atoms with E-state index in [9.17, 15) is 0 Å². The summed E-state index contributed by atoms with van der Waals surface area (Å²) in [6, 6.07) is 28.6. The second-order valence-corrected chi connectivity index (χ2v) is 6.52. The highest BCUT2D eigenvalue weighted by atomic mass is 14.2. The Morgan fingerprint density at radius 3 is 2.12 bits per heavy atom. The van der Waals surface area contributed by atoms with E-state index < -0.39 is 0 Å². The van der Waals surface area contributed by atoms with Gasteiger partial charge in [0.2, 0.25) is 0 Å². The summed E-state index contributed by atoms with van der Waals surface area (Å²) in [6.45, 7) is 2.22. The van der Waals surface area contributed by atoms with E-state index in [2.05, 4.69) is 92.2 Å². The lowest BCUT2D eigenvalue weighted by Gasteiger charge is -2.12. The molecule has 4 aromatic carbocycles. The van der Waals surface area contributed by atoms with Gasteiger partial charge in [-0.1, -0.05) is 72.3 Å². The van der Waals surface area contributed by atoms with Gasteiger partial charge < -0.3 is 0 Å². The molecular weight excluding hydrogens is 288 g/mol. The van der Waals surface area contributed by atoms with Crippen LogP contribution in [-0.2, 0) is 0 Å². The Morgan fingerprint density at radius 2 is 1.25 bits per heavy atom. The van der Waals surface area contributed by atoms with Gasteiger partial charge in [-0.05, 0) is 62.9 Å². The lowest BCUT2D eigenvalue weighted by molar-refractivity contribution is 1.44. The van der Waals surface area contributed by atoms with Crippen LogP contribution in [0.2, 0.25) is 0 Å². The first-order chi connectivity index (χ1) is 11.8. The number of benzene rings is 4. The van der Waals surface area contributed by atoms with Crippen LogP contribution in [0.3, 0.4) is 0 Å². The second kappa shape index (κ2) is 5.07. The molecule has 4 aromatic rings. The molecule has 0 unspecified atom stereocenters. The SMILES string of the molecule is CC1=C(c2cccc3cc4ccccc4cc23)c2ccccc2[CH]1. The predicted molar refractivity (Wildman–Crippen MR) is 103 cm³/mol. The smallest absolute Gasteiger partial charge is 0.0168 e. The Bertz CT molecular complexity index is 1130. The molecule has 0 aliphatic heterocycles. The van der Waals surface area contributed by atoms with Crippen LogP contribution in [0.4, 0.5) is 0 Å². The fourth-order valence-electron chi connectivity index (χ4n) is 3.91. The fourth-order valence-corrected chi connectivity index (χ4v) is 3.91. The Balaban J connectivity index is 1.84. The Hall–Kier alpha value is -2.86. The number of fused-ring (bicyclic) bond motifs is 3. The van der Waals surface area contributed by atoms with E-state index >= 15 is 0 Å². The monoisotopic (exact) mass is 305 g/mol. The van der Waals surface area contributed by atoms with E-state index in [1.807, 2.05) is 0 Å². The largest absolute Gasteiger partial charge is 0.0619 e. The van der Waals surface area contributed by atoms with Crippen molar-refractivity contribution in [3.63, 3.8) is 0 Å². The van der Waals surface area contributed by atoms with Crippen LogP contribution in [-0.4, -0.2) is 0 Å². The second-order valence-electron chi connectivity index (χ2n) is 6.52. The average Bonchev–Trinajstić information content (AvgIpc) is 2.95. The standard InChI is InChI=1S/C24H17/c1-16-13-19-9-4-5-11-21(19)24(16)22-12-6-10-20-14-17-7-2-3-8-18(17)15-23(20)22/h2-15H,1H3. The predicted octanol–water partition coefficient (Wildman–Crippen LogP) is 6.38. The zero-order valence-electron chi connectivity index (χ0n) is 13.6. The highest BCUT2D eigenvalue weighted by Crippen LogP contribution is 2.41. The minimum absolute atomic E-state index is 1.30. The van der Waals surface area contributed by atoms with E-state index in [-0.39, 0.29) is 0 Å². The molecule has 0 aromatic heterocycles. The molecule has 0 bridgehead atoms. The van der Waals surface area contributed by atoms with Crippen molar-refractivity contribution < 1.29 is 0 Å². The summed E-state index contributed by atoms with van der Waals surface area (Å²) in [4.78, 5) is 0. The molecule has 1 radical (unpaired) electrons. The summed E-state index contributed by atoms with van der Waals surface area (Å²) in [5, 5.41) is 5.23. The summed E-state index contributed by atoms with van der Waals surface area (Å²) >= 11 is 0. The molecule has 0 saturated carbocycles. The summed E-state index contributed by atoms with van der Waals surface area (Å²) < 4.78 is 0. The van der Waals surface area contributed by atoms with Gasteiger partial charge >= 0.3 is 0 Å². The minimum atomic E-state index is 1.30. The Labute approximate surface area is 142 Å². The first-order valence-corrected chi connectivity index (χ1v) is 8.38. The Morgan fingerprint density at radius 1 is 0.583 bits per heavy atom. The van der Waals surface area contributed by atoms with Gasteiger partial charge in [0.1, 0.15) is 0 Å². The van der Waals surface area contributed by atoms with Crippen molar-refractivity contribution in [2.75, 3.05) is 0 Å². The van der Waals surface area contributed by atoms with Crippen LogP contribution < -0.4 is 0 Å². The molecule has 0 nitrogen and oxygen atoms in total. The molecular formula is C24H17. The minimum Gasteiger partial charge on any atom is -0.0619 e. The van der Waals surface area contributed by atoms with Crippen LogP contribution >= 0.6 is 0 Å². The molecule has 0 atom stereocenters. The third-order valence-corrected chi connectivity index (χ3v) is 5.01. The van der Waals surface area contributed by atoms with Crippen molar-refractivity contribution in [2.45, 2.75) is 6.92 Å². The number of hydrogen-bond acceptors (Lipinski definition) is 0. The maximum Gasteiger partial charge on any atom is 0.0168 e. The van der Waals surface area contributed by atoms with E-state index in [0.717, 1.165) is 0 Å². The first kappa shape index (κ1) is 13.6. The van der Waals surface area contributed by atoms with Gasteiger partial charge in [0.15, 0.2) is 0 Å². The van der Waals surface area contributed by atoms with Crippen molar-refractivity contribution in [3.05, 3.63) is 108 Å². The molecule has 113 valence electrons. The third-order valence-electron chi connectivity index (χ3n) is 5.01. The molecule has 5 rings (SSSR count). The zero-order chi connectivity index (χ0) is 16.1. The quantitative estimate of drug-likeness (QED) is 0.358. The van der Waals surface area contributed by atoms with Crippen LogP contribution in [0.1, 0.15) is 23.6 Å².